The van der Waals surface area contributed by atoms with Crippen LogP contribution < -0.4 is 10.6 Å². The second kappa shape index (κ2) is 6.04. The molecule has 0 aliphatic carbocycles. The van der Waals surface area contributed by atoms with Crippen molar-refractivity contribution in [3.63, 3.8) is 0 Å². The molecule has 0 aromatic heterocycles. The molecule has 1 rings (SSSR count). The Kier molecular flexibility index (Phi) is 4.68. The summed E-state index contributed by atoms with van der Waals surface area (Å²) in [7, 11) is 0. The van der Waals surface area contributed by atoms with Crippen molar-refractivity contribution < 1.29 is 19.2 Å². The van der Waals surface area contributed by atoms with Crippen molar-refractivity contribution in [2.45, 2.75) is 0 Å². The number of hydrogen-bond acceptors (Lipinski definition) is 5. The van der Waals surface area contributed by atoms with Crippen LogP contribution >= 0.6 is 15.9 Å². The number of hydrogen-bond donors (Lipinski definition) is 1. The molecule has 0 aliphatic heterocycles. The molecular weight excluding hydrogens is 278 g/mol. The molecule has 0 radical (unpaired) electrons. The highest BCUT2D eigenvalue weighted by molar-refractivity contribution is 9.10. The number of benzene rings is 1. The van der Waals surface area contributed by atoms with E-state index in [1.54, 1.807) is 24.3 Å². The van der Waals surface area contributed by atoms with Crippen molar-refractivity contribution in [3.8, 4) is 5.75 Å². The van der Waals surface area contributed by atoms with Crippen LogP contribution in [0.2, 0.25) is 0 Å². The molecule has 0 heterocycles. The first-order chi connectivity index (χ1) is 7.61. The zero-order valence-corrected chi connectivity index (χ0v) is 9.64. The van der Waals surface area contributed by atoms with Gasteiger partial charge in [0.1, 0.15) is 5.75 Å². The topological polar surface area (TPSA) is 78.6 Å². The molecule has 1 aromatic rings. The Labute approximate surface area is 99.9 Å². The van der Waals surface area contributed by atoms with Gasteiger partial charge in [-0.2, -0.15) is 5.90 Å². The van der Waals surface area contributed by atoms with E-state index in [1.807, 2.05) is 0 Å². The van der Waals surface area contributed by atoms with E-state index in [4.69, 9.17) is 4.74 Å². The third-order valence-corrected chi connectivity index (χ3v) is 2.03. The Hall–Kier alpha value is -1.66. The van der Waals surface area contributed by atoms with Gasteiger partial charge < -0.3 is 9.57 Å². The minimum Gasteiger partial charge on any atom is -0.423 e. The Bertz CT molecular complexity index is 413. The predicted octanol–water partition coefficient (Wildman–Crippen LogP) is 1.33. The average Bonchev–Trinajstić information content (AvgIpc) is 2.29. The largest absolute Gasteiger partial charge is 0.423 e. The van der Waals surface area contributed by atoms with Crippen molar-refractivity contribution in [3.05, 3.63) is 40.9 Å². The number of nitrogens with two attached hydrogens (primary N) is 1. The number of esters is 1. The van der Waals surface area contributed by atoms with Gasteiger partial charge in [-0.3, -0.25) is 0 Å². The lowest BCUT2D eigenvalue weighted by Gasteiger charge is -2.00. The van der Waals surface area contributed by atoms with Crippen LogP contribution in [0.1, 0.15) is 0 Å². The Balaban J connectivity index is 2.55. The van der Waals surface area contributed by atoms with E-state index >= 15 is 0 Å². The summed E-state index contributed by atoms with van der Waals surface area (Å²) in [6, 6.07) is 6.66. The number of carbonyl (C=O) groups excluding carboxylic acids is 2. The normalized spacial score (nSPS) is 10.1. The second-order valence-corrected chi connectivity index (χ2v) is 3.56. The average molecular weight is 286 g/mol. The van der Waals surface area contributed by atoms with Crippen molar-refractivity contribution in [1.29, 1.82) is 0 Å². The molecule has 2 N–H and O–H groups in total. The highest BCUT2D eigenvalue weighted by atomic mass is 79.9. The summed E-state index contributed by atoms with van der Waals surface area (Å²) in [6.45, 7) is 0. The fraction of sp³-hybridized carbons (Fsp3) is 0. The first-order valence-electron chi connectivity index (χ1n) is 4.18. The molecule has 0 bridgehead atoms. The standard InChI is InChI=1S/C10H8BrNO4/c11-7-1-3-8(4-2-7)15-9(13)5-6-10(14)16-12/h1-6H,12H2/b6-5-. The van der Waals surface area contributed by atoms with Gasteiger partial charge >= 0.3 is 11.9 Å². The zero-order valence-electron chi connectivity index (χ0n) is 8.05. The first kappa shape index (κ1) is 12.4. The van der Waals surface area contributed by atoms with Crippen LogP contribution in [0.5, 0.6) is 5.75 Å². The van der Waals surface area contributed by atoms with Crippen LogP contribution in [0.3, 0.4) is 0 Å². The highest BCUT2D eigenvalue weighted by Crippen LogP contribution is 2.16. The van der Waals surface area contributed by atoms with E-state index in [-0.39, 0.29) is 0 Å². The summed E-state index contributed by atoms with van der Waals surface area (Å²) < 4.78 is 5.74. The van der Waals surface area contributed by atoms with E-state index in [0.29, 0.717) is 5.75 Å². The zero-order chi connectivity index (χ0) is 12.0. The molecule has 6 heteroatoms. The summed E-state index contributed by atoms with van der Waals surface area (Å²) in [6.07, 6.45) is 1.80. The first-order valence-corrected chi connectivity index (χ1v) is 4.97. The molecule has 0 fully saturated rings. The lowest BCUT2D eigenvalue weighted by Crippen LogP contribution is -2.09. The molecule has 0 unspecified atom stereocenters. The maximum Gasteiger partial charge on any atom is 0.349 e. The van der Waals surface area contributed by atoms with Gasteiger partial charge in [0, 0.05) is 16.6 Å². The van der Waals surface area contributed by atoms with E-state index < -0.39 is 11.9 Å². The predicted molar refractivity (Wildman–Crippen MR) is 59.2 cm³/mol. The number of rotatable bonds is 3. The summed E-state index contributed by atoms with van der Waals surface area (Å²) >= 11 is 3.24. The van der Waals surface area contributed by atoms with Crippen LogP contribution in [0.4, 0.5) is 0 Å². The number of ether oxygens (including phenoxy) is 1. The molecule has 0 spiro atoms. The summed E-state index contributed by atoms with van der Waals surface area (Å²) in [5.41, 5.74) is 0. The lowest BCUT2D eigenvalue weighted by molar-refractivity contribution is -0.138. The molecule has 0 saturated carbocycles. The smallest absolute Gasteiger partial charge is 0.349 e. The summed E-state index contributed by atoms with van der Waals surface area (Å²) in [5.74, 6) is 3.43. The Morgan fingerprint density at radius 1 is 1.12 bits per heavy atom. The molecule has 0 saturated heterocycles. The molecule has 16 heavy (non-hydrogen) atoms. The maximum absolute atomic E-state index is 11.1. The summed E-state index contributed by atoms with van der Waals surface area (Å²) in [4.78, 5) is 25.5. The SMILES string of the molecule is NOC(=O)/C=C\C(=O)Oc1ccc(Br)cc1. The van der Waals surface area contributed by atoms with Gasteiger partial charge in [-0.25, -0.2) is 9.59 Å². The van der Waals surface area contributed by atoms with Crippen LogP contribution in [0.25, 0.3) is 0 Å². The third kappa shape index (κ3) is 4.24. The Morgan fingerprint density at radius 3 is 2.25 bits per heavy atom. The van der Waals surface area contributed by atoms with Crippen LogP contribution in [0.15, 0.2) is 40.9 Å². The number of carbonyl (C=O) groups is 2. The summed E-state index contributed by atoms with van der Waals surface area (Å²) in [5, 5.41) is 0. The van der Waals surface area contributed by atoms with Crippen LogP contribution in [-0.2, 0) is 14.4 Å². The molecular formula is C10H8BrNO4. The lowest BCUT2D eigenvalue weighted by atomic mass is 10.3. The minimum absolute atomic E-state index is 0.374. The highest BCUT2D eigenvalue weighted by Gasteiger charge is 2.01. The van der Waals surface area contributed by atoms with Gasteiger partial charge in [0.05, 0.1) is 0 Å². The minimum atomic E-state index is -0.826. The van der Waals surface area contributed by atoms with E-state index in [0.717, 1.165) is 16.6 Å². The van der Waals surface area contributed by atoms with E-state index in [2.05, 4.69) is 26.7 Å². The van der Waals surface area contributed by atoms with Crippen molar-refractivity contribution in [2.24, 2.45) is 5.90 Å². The van der Waals surface area contributed by atoms with Gasteiger partial charge in [0.25, 0.3) is 0 Å². The maximum atomic E-state index is 11.1. The molecule has 0 atom stereocenters. The quantitative estimate of drug-likeness (QED) is 0.392. The van der Waals surface area contributed by atoms with Crippen molar-refractivity contribution >= 4 is 27.9 Å². The van der Waals surface area contributed by atoms with Gasteiger partial charge in [-0.1, -0.05) is 15.9 Å². The molecule has 1 aromatic carbocycles. The molecule has 0 aliphatic rings. The van der Waals surface area contributed by atoms with Gasteiger partial charge in [-0.15, -0.1) is 0 Å². The number of halogens is 1. The van der Waals surface area contributed by atoms with Crippen LogP contribution in [-0.4, -0.2) is 11.9 Å². The molecule has 5 nitrogen and oxygen atoms in total. The molecule has 0 amide bonds. The second-order valence-electron chi connectivity index (χ2n) is 2.65. The fourth-order valence-corrected chi connectivity index (χ4v) is 1.09. The van der Waals surface area contributed by atoms with Crippen molar-refractivity contribution in [2.75, 3.05) is 0 Å². The monoisotopic (exact) mass is 285 g/mol. The van der Waals surface area contributed by atoms with Crippen molar-refractivity contribution in [1.82, 2.24) is 0 Å². The fourth-order valence-electron chi connectivity index (χ4n) is 0.828. The Morgan fingerprint density at radius 2 is 1.69 bits per heavy atom. The van der Waals surface area contributed by atoms with E-state index in [1.165, 1.54) is 0 Å². The van der Waals surface area contributed by atoms with Gasteiger partial charge in [0.15, 0.2) is 0 Å². The van der Waals surface area contributed by atoms with Crippen LogP contribution in [0, 0.1) is 0 Å². The molecule has 84 valence electrons. The van der Waals surface area contributed by atoms with Gasteiger partial charge in [0.2, 0.25) is 0 Å². The van der Waals surface area contributed by atoms with Gasteiger partial charge in [-0.05, 0) is 24.3 Å². The van der Waals surface area contributed by atoms with E-state index in [9.17, 15) is 9.59 Å². The third-order valence-electron chi connectivity index (χ3n) is 1.50.